The van der Waals surface area contributed by atoms with Crippen molar-refractivity contribution in [3.05, 3.63) is 54.1 Å². The number of benzene rings is 2. The molecule has 130 valence electrons. The zero-order valence-corrected chi connectivity index (χ0v) is 14.2. The number of carbonyl (C=O) groups is 1. The highest BCUT2D eigenvalue weighted by Crippen LogP contribution is 2.16. The molecule has 0 unspecified atom stereocenters. The fraction of sp³-hybridized carbons (Fsp3) is 0.188. The van der Waals surface area contributed by atoms with Gasteiger partial charge in [-0.25, -0.2) is 8.42 Å². The lowest BCUT2D eigenvalue weighted by Crippen LogP contribution is -2.31. The van der Waals surface area contributed by atoms with E-state index in [2.05, 4.69) is 15.6 Å². The molecule has 0 spiro atoms. The second-order valence-corrected chi connectivity index (χ2v) is 7.44. The average molecular weight is 360 g/mol. The number of sulfone groups is 1. The topological polar surface area (TPSA) is 103 Å². The Morgan fingerprint density at radius 1 is 1.20 bits per heavy atom. The summed E-state index contributed by atoms with van der Waals surface area (Å²) in [6.45, 7) is 0.119. The number of amides is 1. The lowest BCUT2D eigenvalue weighted by Gasteiger charge is -2.07. The number of nitrogens with one attached hydrogen (secondary N) is 1. The number of nitrogens with zero attached hydrogens (tertiary/aromatic N) is 3. The summed E-state index contributed by atoms with van der Waals surface area (Å²) in [5.74, 6) is -0.327. The van der Waals surface area contributed by atoms with Crippen LogP contribution in [0, 0.1) is 0 Å². The van der Waals surface area contributed by atoms with E-state index >= 15 is 0 Å². The van der Waals surface area contributed by atoms with Crippen LogP contribution in [-0.2, 0) is 21.2 Å². The molecule has 0 aliphatic rings. The molecule has 3 aromatic rings. The first-order valence-electron chi connectivity index (χ1n) is 7.43. The molecule has 1 aromatic heterocycles. The fourth-order valence-corrected chi connectivity index (χ4v) is 2.81. The van der Waals surface area contributed by atoms with Gasteiger partial charge in [-0.3, -0.25) is 4.79 Å². The minimum absolute atomic E-state index is 0.126. The van der Waals surface area contributed by atoms with Crippen molar-refractivity contribution in [2.45, 2.75) is 11.4 Å². The Hall–Kier alpha value is -2.94. The summed E-state index contributed by atoms with van der Waals surface area (Å²) in [5, 5.41) is 10.4. The first kappa shape index (κ1) is 16.9. The summed E-state index contributed by atoms with van der Waals surface area (Å²) in [6, 6.07) is 13.9. The predicted molar refractivity (Wildman–Crippen MR) is 90.4 cm³/mol. The van der Waals surface area contributed by atoms with E-state index in [4.69, 9.17) is 4.84 Å². The number of aromatic nitrogens is 3. The van der Waals surface area contributed by atoms with E-state index in [1.165, 1.54) is 18.2 Å². The zero-order chi connectivity index (χ0) is 17.9. The van der Waals surface area contributed by atoms with Crippen LogP contribution in [0.4, 0.5) is 0 Å². The van der Waals surface area contributed by atoms with Crippen molar-refractivity contribution in [1.82, 2.24) is 20.5 Å². The Bertz CT molecular complexity index is 999. The molecule has 25 heavy (non-hydrogen) atoms. The van der Waals surface area contributed by atoms with Crippen molar-refractivity contribution in [2.24, 2.45) is 0 Å². The second-order valence-electron chi connectivity index (χ2n) is 5.42. The maximum absolute atomic E-state index is 11.9. The molecule has 0 radical (unpaired) electrons. The maximum Gasteiger partial charge on any atom is 0.261 e. The van der Waals surface area contributed by atoms with Gasteiger partial charge in [0.25, 0.3) is 5.91 Å². The Labute approximate surface area is 144 Å². The van der Waals surface area contributed by atoms with Gasteiger partial charge in [-0.15, -0.1) is 5.10 Å². The van der Waals surface area contributed by atoms with Gasteiger partial charge in [0.1, 0.15) is 11.0 Å². The molecule has 1 heterocycles. The van der Waals surface area contributed by atoms with E-state index in [0.717, 1.165) is 16.7 Å². The molecule has 0 saturated heterocycles. The third kappa shape index (κ3) is 4.13. The first-order chi connectivity index (χ1) is 11.9. The number of fused-ring (bicyclic) bond motifs is 1. The first-order valence-corrected chi connectivity index (χ1v) is 9.32. The van der Waals surface area contributed by atoms with Crippen LogP contribution >= 0.6 is 0 Å². The molecule has 0 saturated carbocycles. The standard InChI is InChI=1S/C16H16N4O4S/c1-25(22,23)13-7-8-14-15(9-13)20(19-18-14)24-11-16(21)17-10-12-5-3-2-4-6-12/h2-9H,10-11H2,1H3,(H,17,21). The van der Waals surface area contributed by atoms with Crippen LogP contribution in [0.1, 0.15) is 5.56 Å². The van der Waals surface area contributed by atoms with Crippen molar-refractivity contribution in [3.63, 3.8) is 0 Å². The van der Waals surface area contributed by atoms with Gasteiger partial charge < -0.3 is 10.2 Å². The summed E-state index contributed by atoms with van der Waals surface area (Å²) < 4.78 is 23.3. The molecule has 0 aliphatic heterocycles. The van der Waals surface area contributed by atoms with Crippen molar-refractivity contribution in [2.75, 3.05) is 12.9 Å². The molecule has 1 N–H and O–H groups in total. The lowest BCUT2D eigenvalue weighted by atomic mass is 10.2. The summed E-state index contributed by atoms with van der Waals surface area (Å²) in [6.07, 6.45) is 1.11. The summed E-state index contributed by atoms with van der Waals surface area (Å²) in [5.41, 5.74) is 1.82. The van der Waals surface area contributed by atoms with Crippen molar-refractivity contribution in [3.8, 4) is 0 Å². The number of carbonyl (C=O) groups excluding carboxylic acids is 1. The van der Waals surface area contributed by atoms with Gasteiger partial charge in [0.05, 0.1) is 4.90 Å². The molecule has 1 amide bonds. The van der Waals surface area contributed by atoms with E-state index in [1.807, 2.05) is 30.3 Å². The van der Waals surface area contributed by atoms with E-state index in [1.54, 1.807) is 0 Å². The zero-order valence-electron chi connectivity index (χ0n) is 13.4. The monoisotopic (exact) mass is 360 g/mol. The Morgan fingerprint density at radius 2 is 1.96 bits per heavy atom. The largest absolute Gasteiger partial charge is 0.385 e. The highest BCUT2D eigenvalue weighted by Gasteiger charge is 2.13. The number of hydrogen-bond donors (Lipinski definition) is 1. The molecule has 0 fully saturated rings. The quantitative estimate of drug-likeness (QED) is 0.690. The third-order valence-electron chi connectivity index (χ3n) is 3.47. The van der Waals surface area contributed by atoms with Crippen LogP contribution in [0.5, 0.6) is 0 Å². The SMILES string of the molecule is CS(=O)(=O)c1ccc2nnn(OCC(=O)NCc3ccccc3)c2c1. The van der Waals surface area contributed by atoms with Gasteiger partial charge in [-0.2, -0.15) is 0 Å². The van der Waals surface area contributed by atoms with Crippen LogP contribution < -0.4 is 10.2 Å². The minimum atomic E-state index is -3.36. The van der Waals surface area contributed by atoms with Crippen molar-refractivity contribution in [1.29, 1.82) is 0 Å². The normalized spacial score (nSPS) is 11.4. The van der Waals surface area contributed by atoms with Gasteiger partial charge in [0.15, 0.2) is 16.4 Å². The molecule has 2 aromatic carbocycles. The smallest absolute Gasteiger partial charge is 0.261 e. The average Bonchev–Trinajstić information content (AvgIpc) is 3.00. The Morgan fingerprint density at radius 3 is 2.68 bits per heavy atom. The third-order valence-corrected chi connectivity index (χ3v) is 4.58. The molecule has 0 atom stereocenters. The Kier molecular flexibility index (Phi) is 4.66. The van der Waals surface area contributed by atoms with E-state index in [0.29, 0.717) is 17.6 Å². The van der Waals surface area contributed by atoms with Crippen LogP contribution in [0.3, 0.4) is 0 Å². The Balaban J connectivity index is 1.65. The highest BCUT2D eigenvalue weighted by atomic mass is 32.2. The minimum Gasteiger partial charge on any atom is -0.385 e. The van der Waals surface area contributed by atoms with Gasteiger partial charge in [-0.1, -0.05) is 35.2 Å². The lowest BCUT2D eigenvalue weighted by molar-refractivity contribution is -0.126. The van der Waals surface area contributed by atoms with Crippen LogP contribution in [-0.4, -0.2) is 42.3 Å². The molecular weight excluding hydrogens is 344 g/mol. The van der Waals surface area contributed by atoms with Crippen LogP contribution in [0.2, 0.25) is 0 Å². The van der Waals surface area contributed by atoms with Crippen molar-refractivity contribution < 1.29 is 18.0 Å². The molecule has 0 bridgehead atoms. The molecule has 9 heteroatoms. The highest BCUT2D eigenvalue weighted by molar-refractivity contribution is 7.90. The van der Waals surface area contributed by atoms with Crippen molar-refractivity contribution >= 4 is 26.8 Å². The number of hydrogen-bond acceptors (Lipinski definition) is 6. The van der Waals surface area contributed by atoms with Gasteiger partial charge >= 0.3 is 0 Å². The van der Waals surface area contributed by atoms with Crippen LogP contribution in [0.25, 0.3) is 11.0 Å². The van der Waals surface area contributed by atoms with Crippen LogP contribution in [0.15, 0.2) is 53.4 Å². The van der Waals surface area contributed by atoms with Gasteiger partial charge in [0, 0.05) is 12.8 Å². The summed E-state index contributed by atoms with van der Waals surface area (Å²) in [4.78, 5) is 18.4. The van der Waals surface area contributed by atoms with Gasteiger partial charge in [-0.05, 0) is 29.0 Å². The maximum atomic E-state index is 11.9. The second kappa shape index (κ2) is 6.89. The molecule has 8 nitrogen and oxygen atoms in total. The summed E-state index contributed by atoms with van der Waals surface area (Å²) in [7, 11) is -3.36. The van der Waals surface area contributed by atoms with E-state index in [9.17, 15) is 13.2 Å². The fourth-order valence-electron chi connectivity index (χ4n) is 2.17. The molecule has 0 aliphatic carbocycles. The van der Waals surface area contributed by atoms with E-state index in [-0.39, 0.29) is 17.4 Å². The molecular formula is C16H16N4O4S. The number of rotatable bonds is 6. The predicted octanol–water partition coefficient (Wildman–Crippen LogP) is 0.580. The summed E-state index contributed by atoms with van der Waals surface area (Å²) >= 11 is 0. The molecule has 3 rings (SSSR count). The van der Waals surface area contributed by atoms with Gasteiger partial charge in [0.2, 0.25) is 0 Å². The van der Waals surface area contributed by atoms with E-state index < -0.39 is 9.84 Å².